The van der Waals surface area contributed by atoms with Crippen molar-refractivity contribution in [2.75, 3.05) is 0 Å². The summed E-state index contributed by atoms with van der Waals surface area (Å²) >= 11 is 0. The van der Waals surface area contributed by atoms with Gasteiger partial charge < -0.3 is 15.3 Å². The molecule has 2 aromatic carbocycles. The number of phenolic OH excluding ortho intramolecular Hbond substituents is 3. The normalized spacial score (nSPS) is 10.6. The third kappa shape index (κ3) is 2.36. The molecule has 0 bridgehead atoms. The minimum Gasteiger partial charge on any atom is -0.508 e. The predicted molar refractivity (Wildman–Crippen MR) is 75.6 cm³/mol. The minimum atomic E-state index is -0.125. The van der Waals surface area contributed by atoms with Crippen LogP contribution in [0.3, 0.4) is 0 Å². The Hall–Kier alpha value is -2.16. The molecule has 0 aliphatic carbocycles. The second-order valence-electron chi connectivity index (χ2n) is 4.52. The second kappa shape index (κ2) is 5.22. The quantitative estimate of drug-likeness (QED) is 0.737. The van der Waals surface area contributed by atoms with E-state index in [4.69, 9.17) is 0 Å². The van der Waals surface area contributed by atoms with Crippen LogP contribution >= 0.6 is 0 Å². The highest BCUT2D eigenvalue weighted by Crippen LogP contribution is 2.41. The van der Waals surface area contributed by atoms with Gasteiger partial charge in [-0.3, -0.25) is 0 Å². The molecule has 0 aromatic heterocycles. The van der Waals surface area contributed by atoms with Gasteiger partial charge in [0.1, 0.15) is 5.75 Å². The van der Waals surface area contributed by atoms with E-state index in [2.05, 4.69) is 0 Å². The van der Waals surface area contributed by atoms with E-state index in [0.29, 0.717) is 17.5 Å². The predicted octanol–water partition coefficient (Wildman–Crippen LogP) is 3.60. The average Bonchev–Trinajstić information content (AvgIpc) is 2.41. The molecular weight excluding hydrogens is 240 g/mol. The summed E-state index contributed by atoms with van der Waals surface area (Å²) in [7, 11) is 0. The van der Waals surface area contributed by atoms with E-state index in [9.17, 15) is 15.3 Å². The third-order valence-electron chi connectivity index (χ3n) is 3.36. The summed E-state index contributed by atoms with van der Waals surface area (Å²) < 4.78 is 0. The van der Waals surface area contributed by atoms with Crippen molar-refractivity contribution >= 4 is 0 Å². The van der Waals surface area contributed by atoms with Gasteiger partial charge in [-0.05, 0) is 42.2 Å². The molecule has 2 rings (SSSR count). The molecule has 2 aromatic rings. The summed E-state index contributed by atoms with van der Waals surface area (Å²) in [6.07, 6.45) is 1.45. The first-order valence-electron chi connectivity index (χ1n) is 6.44. The van der Waals surface area contributed by atoms with Crippen LogP contribution in [0.15, 0.2) is 30.3 Å². The zero-order valence-electron chi connectivity index (χ0n) is 11.1. The molecule has 0 unspecified atom stereocenters. The molecule has 100 valence electrons. The molecule has 0 aliphatic rings. The Morgan fingerprint density at radius 1 is 0.895 bits per heavy atom. The molecule has 0 heterocycles. The average molecular weight is 258 g/mol. The number of benzene rings is 2. The highest BCUT2D eigenvalue weighted by Gasteiger charge is 2.16. The van der Waals surface area contributed by atoms with E-state index >= 15 is 0 Å². The summed E-state index contributed by atoms with van der Waals surface area (Å²) in [5.74, 6) is -0.0474. The van der Waals surface area contributed by atoms with Crippen LogP contribution in [-0.4, -0.2) is 15.3 Å². The Balaban J connectivity index is 2.68. The number of hydrogen-bond acceptors (Lipinski definition) is 3. The minimum absolute atomic E-state index is 0.0554. The first kappa shape index (κ1) is 13.3. The lowest BCUT2D eigenvalue weighted by molar-refractivity contribution is 0.400. The van der Waals surface area contributed by atoms with Crippen molar-refractivity contribution in [3.8, 4) is 28.4 Å². The van der Waals surface area contributed by atoms with E-state index in [0.717, 1.165) is 17.5 Å². The number of aromatic hydroxyl groups is 3. The van der Waals surface area contributed by atoms with Gasteiger partial charge in [-0.1, -0.05) is 26.0 Å². The van der Waals surface area contributed by atoms with Crippen molar-refractivity contribution in [3.05, 3.63) is 41.5 Å². The van der Waals surface area contributed by atoms with Crippen molar-refractivity contribution < 1.29 is 15.3 Å². The number of aryl methyl sites for hydroxylation is 1. The third-order valence-corrected chi connectivity index (χ3v) is 3.36. The van der Waals surface area contributed by atoms with Crippen molar-refractivity contribution in [2.45, 2.75) is 26.7 Å². The van der Waals surface area contributed by atoms with Crippen LogP contribution in [0.1, 0.15) is 25.0 Å². The Labute approximate surface area is 112 Å². The molecule has 0 aliphatic heterocycles. The Bertz CT molecular complexity index is 603. The summed E-state index contributed by atoms with van der Waals surface area (Å²) in [5, 5.41) is 29.8. The molecule has 0 amide bonds. The van der Waals surface area contributed by atoms with Crippen LogP contribution in [-0.2, 0) is 12.8 Å². The maximum Gasteiger partial charge on any atom is 0.165 e. The van der Waals surface area contributed by atoms with Gasteiger partial charge in [0.05, 0.1) is 0 Å². The standard InChI is InChI=1S/C16H18O3/c1-3-10-9-14(11-6-5-7-12(17)8-11)16(19)15(18)13(10)4-2/h5-9,17-19H,3-4H2,1-2H3. The molecule has 0 fully saturated rings. The second-order valence-corrected chi connectivity index (χ2v) is 4.52. The largest absolute Gasteiger partial charge is 0.508 e. The van der Waals surface area contributed by atoms with Crippen LogP contribution in [0.5, 0.6) is 17.2 Å². The van der Waals surface area contributed by atoms with E-state index in [-0.39, 0.29) is 17.2 Å². The van der Waals surface area contributed by atoms with Gasteiger partial charge in [-0.15, -0.1) is 0 Å². The van der Waals surface area contributed by atoms with Crippen LogP contribution in [0.25, 0.3) is 11.1 Å². The maximum absolute atomic E-state index is 10.1. The summed E-state index contributed by atoms with van der Waals surface area (Å²) in [6.45, 7) is 3.96. The Morgan fingerprint density at radius 3 is 2.21 bits per heavy atom. The van der Waals surface area contributed by atoms with Crippen LogP contribution in [0.2, 0.25) is 0 Å². The Kier molecular flexibility index (Phi) is 3.65. The molecule has 0 radical (unpaired) electrons. The maximum atomic E-state index is 10.1. The highest BCUT2D eigenvalue weighted by molar-refractivity contribution is 5.76. The van der Waals surface area contributed by atoms with E-state index < -0.39 is 0 Å². The Morgan fingerprint density at radius 2 is 1.63 bits per heavy atom. The lowest BCUT2D eigenvalue weighted by Gasteiger charge is -2.14. The van der Waals surface area contributed by atoms with Gasteiger partial charge >= 0.3 is 0 Å². The molecule has 3 nitrogen and oxygen atoms in total. The van der Waals surface area contributed by atoms with Crippen LogP contribution < -0.4 is 0 Å². The lowest BCUT2D eigenvalue weighted by atomic mass is 9.94. The van der Waals surface area contributed by atoms with Gasteiger partial charge in [0.15, 0.2) is 11.5 Å². The monoisotopic (exact) mass is 258 g/mol. The van der Waals surface area contributed by atoms with E-state index in [1.165, 1.54) is 0 Å². The van der Waals surface area contributed by atoms with Gasteiger partial charge in [-0.2, -0.15) is 0 Å². The first-order valence-corrected chi connectivity index (χ1v) is 6.44. The summed E-state index contributed by atoms with van der Waals surface area (Å²) in [5.41, 5.74) is 3.02. The fourth-order valence-electron chi connectivity index (χ4n) is 2.36. The highest BCUT2D eigenvalue weighted by atomic mass is 16.3. The van der Waals surface area contributed by atoms with Crippen molar-refractivity contribution in [2.24, 2.45) is 0 Å². The summed E-state index contributed by atoms with van der Waals surface area (Å²) in [4.78, 5) is 0. The van der Waals surface area contributed by atoms with Crippen LogP contribution in [0, 0.1) is 0 Å². The fraction of sp³-hybridized carbons (Fsp3) is 0.250. The van der Waals surface area contributed by atoms with Crippen LogP contribution in [0.4, 0.5) is 0 Å². The molecule has 3 heteroatoms. The molecule has 0 saturated carbocycles. The fourth-order valence-corrected chi connectivity index (χ4v) is 2.36. The van der Waals surface area contributed by atoms with Gasteiger partial charge in [0, 0.05) is 11.1 Å². The SMILES string of the molecule is CCc1cc(-c2cccc(O)c2)c(O)c(O)c1CC. The molecule has 0 saturated heterocycles. The van der Waals surface area contributed by atoms with Crippen molar-refractivity contribution in [3.63, 3.8) is 0 Å². The van der Waals surface area contributed by atoms with Crippen molar-refractivity contribution in [1.82, 2.24) is 0 Å². The van der Waals surface area contributed by atoms with E-state index in [1.54, 1.807) is 24.3 Å². The zero-order chi connectivity index (χ0) is 14.0. The molecular formula is C16H18O3. The number of phenols is 3. The topological polar surface area (TPSA) is 60.7 Å². The van der Waals surface area contributed by atoms with Gasteiger partial charge in [0.25, 0.3) is 0 Å². The zero-order valence-corrected chi connectivity index (χ0v) is 11.1. The number of rotatable bonds is 3. The molecule has 0 spiro atoms. The molecule has 3 N–H and O–H groups in total. The first-order chi connectivity index (χ1) is 9.08. The summed E-state index contributed by atoms with van der Waals surface area (Å²) in [6, 6.07) is 8.52. The van der Waals surface area contributed by atoms with Gasteiger partial charge in [-0.25, -0.2) is 0 Å². The molecule has 19 heavy (non-hydrogen) atoms. The smallest absolute Gasteiger partial charge is 0.165 e. The molecule has 0 atom stereocenters. The van der Waals surface area contributed by atoms with Crippen molar-refractivity contribution in [1.29, 1.82) is 0 Å². The van der Waals surface area contributed by atoms with Gasteiger partial charge in [0.2, 0.25) is 0 Å². The lowest BCUT2D eigenvalue weighted by Crippen LogP contribution is -1.94. The van der Waals surface area contributed by atoms with E-state index in [1.807, 2.05) is 19.9 Å². The number of hydrogen-bond donors (Lipinski definition) is 3.